The number of rotatable bonds is 2. The second kappa shape index (κ2) is 5.19. The van der Waals surface area contributed by atoms with Crippen LogP contribution < -0.4 is 5.32 Å². The van der Waals surface area contributed by atoms with Gasteiger partial charge in [0.1, 0.15) is 0 Å². The highest BCUT2D eigenvalue weighted by atomic mass is 79.9. The second-order valence-electron chi connectivity index (χ2n) is 2.97. The maximum atomic E-state index is 4.41. The van der Waals surface area contributed by atoms with Crippen LogP contribution in [0, 0.1) is 0 Å². The average molecular weight is 291 g/mol. The molecule has 0 unspecified atom stereocenters. The zero-order chi connectivity index (χ0) is 9.80. The van der Waals surface area contributed by atoms with E-state index in [9.17, 15) is 0 Å². The largest absolute Gasteiger partial charge is 0.360 e. The Hall–Kier alpha value is -0.000000000000000111. The van der Waals surface area contributed by atoms with E-state index < -0.39 is 0 Å². The molecule has 0 bridgehead atoms. The number of nitrogens with zero attached hydrogens (tertiary/aromatic N) is 1. The molecule has 0 fully saturated rings. The van der Waals surface area contributed by atoms with Crippen molar-refractivity contribution in [3.63, 3.8) is 0 Å². The Morgan fingerprint density at radius 1 is 1.57 bits per heavy atom. The lowest BCUT2D eigenvalue weighted by atomic mass is 10.5. The fraction of sp³-hybridized carbons (Fsp3) is 0.444. The summed E-state index contributed by atoms with van der Waals surface area (Å²) < 4.78 is 1.16. The van der Waals surface area contributed by atoms with Crippen LogP contribution in [0.5, 0.6) is 0 Å². The van der Waals surface area contributed by atoms with Crippen molar-refractivity contribution in [2.24, 2.45) is 4.99 Å². The molecular formula is C9H11BrN2S2. The molecule has 1 aromatic rings. The summed E-state index contributed by atoms with van der Waals surface area (Å²) in [5, 5.41) is 6.56. The molecule has 76 valence electrons. The molecule has 0 radical (unpaired) electrons. The van der Waals surface area contributed by atoms with Gasteiger partial charge in [0.15, 0.2) is 5.17 Å². The average Bonchev–Trinajstić information content (AvgIpc) is 2.63. The predicted octanol–water partition coefficient (Wildman–Crippen LogP) is 3.09. The Bertz CT molecular complexity index is 335. The van der Waals surface area contributed by atoms with Gasteiger partial charge in [-0.3, -0.25) is 4.99 Å². The van der Waals surface area contributed by atoms with Crippen LogP contribution in [0.25, 0.3) is 0 Å². The van der Waals surface area contributed by atoms with Crippen LogP contribution in [-0.2, 0) is 6.54 Å². The second-order valence-corrected chi connectivity index (χ2v) is 5.97. The number of thioether (sulfide) groups is 1. The highest BCUT2D eigenvalue weighted by Gasteiger charge is 2.05. The molecule has 0 atom stereocenters. The summed E-state index contributed by atoms with van der Waals surface area (Å²) in [4.78, 5) is 5.75. The van der Waals surface area contributed by atoms with E-state index in [1.807, 2.05) is 11.8 Å². The number of aliphatic imine (C=N–C) groups is 1. The maximum absolute atomic E-state index is 4.41. The third-order valence-electron chi connectivity index (χ3n) is 1.83. The van der Waals surface area contributed by atoms with E-state index in [-0.39, 0.29) is 0 Å². The first-order valence-corrected chi connectivity index (χ1v) is 7.14. The SMILES string of the molecule is Brc1csc(CNC2=NCCCS2)c1. The summed E-state index contributed by atoms with van der Waals surface area (Å²) in [5.74, 6) is 1.19. The summed E-state index contributed by atoms with van der Waals surface area (Å²) in [6.45, 7) is 1.87. The van der Waals surface area contributed by atoms with Crippen molar-refractivity contribution in [1.29, 1.82) is 0 Å². The highest BCUT2D eigenvalue weighted by molar-refractivity contribution is 9.10. The molecule has 0 aromatic carbocycles. The molecule has 1 aliphatic rings. The molecule has 1 N–H and O–H groups in total. The van der Waals surface area contributed by atoms with Gasteiger partial charge in [-0.15, -0.1) is 11.3 Å². The normalized spacial score (nSPS) is 16.5. The molecule has 5 heteroatoms. The lowest BCUT2D eigenvalue weighted by Gasteiger charge is -2.12. The first kappa shape index (κ1) is 10.5. The fourth-order valence-electron chi connectivity index (χ4n) is 1.18. The summed E-state index contributed by atoms with van der Waals surface area (Å²) in [5.41, 5.74) is 0. The monoisotopic (exact) mass is 290 g/mol. The molecule has 0 amide bonds. The molecular weight excluding hydrogens is 280 g/mol. The number of hydrogen-bond acceptors (Lipinski definition) is 4. The molecule has 0 spiro atoms. The predicted molar refractivity (Wildman–Crippen MR) is 68.2 cm³/mol. The van der Waals surface area contributed by atoms with Gasteiger partial charge in [-0.1, -0.05) is 11.8 Å². The Balaban J connectivity index is 1.84. The summed E-state index contributed by atoms with van der Waals surface area (Å²) in [7, 11) is 0. The number of thiophene rings is 1. The van der Waals surface area contributed by atoms with Gasteiger partial charge in [0.05, 0.1) is 6.54 Å². The summed E-state index contributed by atoms with van der Waals surface area (Å²) in [6.07, 6.45) is 1.21. The lowest BCUT2D eigenvalue weighted by molar-refractivity contribution is 0.889. The van der Waals surface area contributed by atoms with Gasteiger partial charge in [-0.2, -0.15) is 0 Å². The molecule has 2 rings (SSSR count). The van der Waals surface area contributed by atoms with Crippen molar-refractivity contribution in [1.82, 2.24) is 5.32 Å². The van der Waals surface area contributed by atoms with Crippen molar-refractivity contribution in [2.45, 2.75) is 13.0 Å². The zero-order valence-electron chi connectivity index (χ0n) is 7.62. The summed E-state index contributed by atoms with van der Waals surface area (Å²) in [6, 6.07) is 2.14. The van der Waals surface area contributed by atoms with E-state index in [1.165, 1.54) is 17.1 Å². The van der Waals surface area contributed by atoms with Crippen LogP contribution in [0.1, 0.15) is 11.3 Å². The van der Waals surface area contributed by atoms with Crippen LogP contribution in [0.2, 0.25) is 0 Å². The maximum Gasteiger partial charge on any atom is 0.156 e. The van der Waals surface area contributed by atoms with Crippen molar-refractivity contribution >= 4 is 44.2 Å². The van der Waals surface area contributed by atoms with E-state index in [2.05, 4.69) is 37.7 Å². The lowest BCUT2D eigenvalue weighted by Crippen LogP contribution is -2.22. The number of nitrogens with one attached hydrogen (secondary N) is 1. The van der Waals surface area contributed by atoms with Gasteiger partial charge in [0.2, 0.25) is 0 Å². The van der Waals surface area contributed by atoms with E-state index in [0.717, 1.165) is 22.7 Å². The van der Waals surface area contributed by atoms with Gasteiger partial charge >= 0.3 is 0 Å². The van der Waals surface area contributed by atoms with Gasteiger partial charge in [0.25, 0.3) is 0 Å². The smallest absolute Gasteiger partial charge is 0.156 e. The molecule has 2 heterocycles. The van der Waals surface area contributed by atoms with Gasteiger partial charge in [-0.25, -0.2) is 0 Å². The van der Waals surface area contributed by atoms with Crippen molar-refractivity contribution in [3.05, 3.63) is 20.8 Å². The Labute approximate surface area is 100 Å². The first-order valence-electron chi connectivity index (χ1n) is 4.48. The third kappa shape index (κ3) is 3.00. The van der Waals surface area contributed by atoms with Crippen molar-refractivity contribution < 1.29 is 0 Å². The molecule has 1 aromatic heterocycles. The quantitative estimate of drug-likeness (QED) is 0.905. The van der Waals surface area contributed by atoms with Crippen molar-refractivity contribution in [3.8, 4) is 0 Å². The van der Waals surface area contributed by atoms with Crippen molar-refractivity contribution in [2.75, 3.05) is 12.3 Å². The van der Waals surface area contributed by atoms with Crippen LogP contribution in [0.4, 0.5) is 0 Å². The fourth-order valence-corrected chi connectivity index (χ4v) is 3.39. The zero-order valence-corrected chi connectivity index (χ0v) is 10.8. The highest BCUT2D eigenvalue weighted by Crippen LogP contribution is 2.20. The van der Waals surface area contributed by atoms with Crippen LogP contribution in [0.3, 0.4) is 0 Å². The number of amidine groups is 1. The molecule has 0 aliphatic carbocycles. The van der Waals surface area contributed by atoms with Gasteiger partial charge in [0, 0.05) is 27.0 Å². The van der Waals surface area contributed by atoms with E-state index in [1.54, 1.807) is 11.3 Å². The molecule has 14 heavy (non-hydrogen) atoms. The number of halogens is 1. The minimum absolute atomic E-state index is 0.891. The number of hydrogen-bond donors (Lipinski definition) is 1. The molecule has 0 saturated heterocycles. The molecule has 1 aliphatic heterocycles. The Morgan fingerprint density at radius 2 is 2.50 bits per heavy atom. The Morgan fingerprint density at radius 3 is 3.14 bits per heavy atom. The standard InChI is InChI=1S/C9H11BrN2S2/c10-7-4-8(14-6-7)5-12-9-11-2-1-3-13-9/h4,6H,1-3,5H2,(H,11,12). The van der Waals surface area contributed by atoms with Gasteiger partial charge in [-0.05, 0) is 28.4 Å². The van der Waals surface area contributed by atoms with Crippen LogP contribution >= 0.6 is 39.0 Å². The van der Waals surface area contributed by atoms with E-state index >= 15 is 0 Å². The van der Waals surface area contributed by atoms with E-state index in [0.29, 0.717) is 0 Å². The Kier molecular flexibility index (Phi) is 3.89. The van der Waals surface area contributed by atoms with Gasteiger partial charge < -0.3 is 5.32 Å². The third-order valence-corrected chi connectivity index (χ3v) is 4.57. The topological polar surface area (TPSA) is 24.4 Å². The summed E-state index contributed by atoms with van der Waals surface area (Å²) >= 11 is 7.03. The molecule has 0 saturated carbocycles. The minimum Gasteiger partial charge on any atom is -0.360 e. The van der Waals surface area contributed by atoms with Crippen LogP contribution in [-0.4, -0.2) is 17.5 Å². The minimum atomic E-state index is 0.891. The van der Waals surface area contributed by atoms with Crippen LogP contribution in [0.15, 0.2) is 20.9 Å². The van der Waals surface area contributed by atoms with E-state index in [4.69, 9.17) is 0 Å². The molecule has 2 nitrogen and oxygen atoms in total. The first-order chi connectivity index (χ1) is 6.84.